The van der Waals surface area contributed by atoms with Crippen LogP contribution in [-0.2, 0) is 7.05 Å². The lowest BCUT2D eigenvalue weighted by molar-refractivity contribution is 0.0735. The molecule has 1 fully saturated rings. The smallest absolute Gasteiger partial charge is 0.272 e. The number of rotatable bonds is 3. The predicted molar refractivity (Wildman–Crippen MR) is 89.9 cm³/mol. The monoisotopic (exact) mass is 343 g/mol. The lowest BCUT2D eigenvalue weighted by atomic mass is 10.2. The highest BCUT2D eigenvalue weighted by atomic mass is 32.2. The van der Waals surface area contributed by atoms with Gasteiger partial charge in [0.1, 0.15) is 17.3 Å². The van der Waals surface area contributed by atoms with Crippen LogP contribution in [0.25, 0.3) is 0 Å². The number of nitriles is 1. The number of thioether (sulfide) groups is 1. The molecule has 1 aliphatic heterocycles. The topological polar surface area (TPSA) is 90.9 Å². The van der Waals surface area contributed by atoms with Crippen LogP contribution < -0.4 is 4.90 Å². The van der Waals surface area contributed by atoms with Gasteiger partial charge in [-0.3, -0.25) is 9.48 Å². The summed E-state index contributed by atoms with van der Waals surface area (Å²) >= 11 is 1.44. The van der Waals surface area contributed by atoms with E-state index in [0.29, 0.717) is 48.4 Å². The van der Waals surface area contributed by atoms with Crippen LogP contribution in [0.5, 0.6) is 0 Å². The molecule has 24 heavy (non-hydrogen) atoms. The molecule has 1 amide bonds. The maximum Gasteiger partial charge on any atom is 0.272 e. The van der Waals surface area contributed by atoms with Crippen molar-refractivity contribution in [1.82, 2.24) is 24.6 Å². The summed E-state index contributed by atoms with van der Waals surface area (Å²) in [5, 5.41) is 13.9. The molecule has 1 saturated heterocycles. The maximum absolute atomic E-state index is 12.5. The summed E-state index contributed by atoms with van der Waals surface area (Å²) in [5.74, 6) is 0.618. The van der Waals surface area contributed by atoms with E-state index in [0.717, 1.165) is 0 Å². The minimum atomic E-state index is -0.0253. The Morgan fingerprint density at radius 2 is 2.08 bits per heavy atom. The SMILES string of the molecule is CSc1ncc(C#N)c(N2CCN(C(=O)c3ccnn3C)CC2)n1. The third-order valence-corrected chi connectivity index (χ3v) is 4.52. The van der Waals surface area contributed by atoms with Crippen molar-refractivity contribution in [2.75, 3.05) is 37.3 Å². The highest BCUT2D eigenvalue weighted by Gasteiger charge is 2.26. The summed E-state index contributed by atoms with van der Waals surface area (Å²) in [7, 11) is 1.76. The minimum absolute atomic E-state index is 0.0253. The molecule has 0 N–H and O–H groups in total. The van der Waals surface area contributed by atoms with E-state index in [1.165, 1.54) is 11.8 Å². The number of nitrogens with zero attached hydrogens (tertiary/aromatic N) is 7. The molecule has 0 aliphatic carbocycles. The first kappa shape index (κ1) is 16.3. The van der Waals surface area contributed by atoms with Crippen molar-refractivity contribution in [2.24, 2.45) is 7.05 Å². The van der Waals surface area contributed by atoms with Crippen molar-refractivity contribution in [2.45, 2.75) is 5.16 Å². The number of aryl methyl sites for hydroxylation is 1. The Kier molecular flexibility index (Phi) is 4.66. The van der Waals surface area contributed by atoms with E-state index in [2.05, 4.69) is 21.1 Å². The lowest BCUT2D eigenvalue weighted by Crippen LogP contribution is -2.49. The molecule has 0 spiro atoms. The second kappa shape index (κ2) is 6.88. The number of hydrogen-bond donors (Lipinski definition) is 0. The molecule has 0 radical (unpaired) electrons. The van der Waals surface area contributed by atoms with Gasteiger partial charge in [0.2, 0.25) is 0 Å². The van der Waals surface area contributed by atoms with E-state index >= 15 is 0 Å². The van der Waals surface area contributed by atoms with Crippen molar-refractivity contribution in [3.63, 3.8) is 0 Å². The molecule has 0 bridgehead atoms. The van der Waals surface area contributed by atoms with Crippen LogP contribution in [-0.4, -0.2) is 63.0 Å². The second-order valence-corrected chi connectivity index (χ2v) is 6.10. The third-order valence-electron chi connectivity index (χ3n) is 3.96. The fourth-order valence-electron chi connectivity index (χ4n) is 2.64. The fourth-order valence-corrected chi connectivity index (χ4v) is 2.98. The first-order chi connectivity index (χ1) is 11.6. The number of carbonyl (C=O) groups excluding carboxylic acids is 1. The van der Waals surface area contributed by atoms with Gasteiger partial charge in [-0.05, 0) is 12.3 Å². The van der Waals surface area contributed by atoms with Crippen LogP contribution in [0.3, 0.4) is 0 Å². The first-order valence-corrected chi connectivity index (χ1v) is 8.70. The number of hydrogen-bond acceptors (Lipinski definition) is 7. The Balaban J connectivity index is 1.73. The minimum Gasteiger partial charge on any atom is -0.352 e. The van der Waals surface area contributed by atoms with Crippen LogP contribution in [0.4, 0.5) is 5.82 Å². The summed E-state index contributed by atoms with van der Waals surface area (Å²) in [6, 6.07) is 3.86. The van der Waals surface area contributed by atoms with Gasteiger partial charge in [0, 0.05) is 39.4 Å². The number of aromatic nitrogens is 4. The Morgan fingerprint density at radius 3 is 2.67 bits per heavy atom. The second-order valence-electron chi connectivity index (χ2n) is 5.33. The average molecular weight is 343 g/mol. The Labute approximate surface area is 144 Å². The molecule has 2 aromatic rings. The number of amides is 1. The van der Waals surface area contributed by atoms with Crippen molar-refractivity contribution in [1.29, 1.82) is 5.26 Å². The molecule has 124 valence electrons. The molecule has 0 unspecified atom stereocenters. The summed E-state index contributed by atoms with van der Waals surface area (Å²) < 4.78 is 1.58. The van der Waals surface area contributed by atoms with E-state index in [9.17, 15) is 10.1 Å². The Morgan fingerprint density at radius 1 is 1.33 bits per heavy atom. The molecule has 0 saturated carbocycles. The quantitative estimate of drug-likeness (QED) is 0.600. The molecule has 2 aromatic heterocycles. The molecule has 3 rings (SSSR count). The molecular weight excluding hydrogens is 326 g/mol. The summed E-state index contributed by atoms with van der Waals surface area (Å²) in [6.07, 6.45) is 5.07. The van der Waals surface area contributed by atoms with Gasteiger partial charge in [-0.1, -0.05) is 11.8 Å². The van der Waals surface area contributed by atoms with Crippen LogP contribution in [0.1, 0.15) is 16.1 Å². The molecule has 8 nitrogen and oxygen atoms in total. The number of anilines is 1. The summed E-state index contributed by atoms with van der Waals surface area (Å²) in [5.41, 5.74) is 1.03. The normalized spacial score (nSPS) is 14.5. The van der Waals surface area contributed by atoms with Crippen LogP contribution >= 0.6 is 11.8 Å². The molecule has 0 atom stereocenters. The number of carbonyl (C=O) groups is 1. The summed E-state index contributed by atoms with van der Waals surface area (Å²) in [4.78, 5) is 24.9. The van der Waals surface area contributed by atoms with Crippen molar-refractivity contribution < 1.29 is 4.79 Å². The van der Waals surface area contributed by atoms with Crippen LogP contribution in [0, 0.1) is 11.3 Å². The molecular formula is C15H17N7OS. The predicted octanol–water partition coefficient (Wildman–Crippen LogP) is 0.766. The van der Waals surface area contributed by atoms with Gasteiger partial charge in [0.25, 0.3) is 5.91 Å². The largest absolute Gasteiger partial charge is 0.352 e. The maximum atomic E-state index is 12.5. The van der Waals surface area contributed by atoms with Crippen LogP contribution in [0.15, 0.2) is 23.6 Å². The highest BCUT2D eigenvalue weighted by Crippen LogP contribution is 2.21. The van der Waals surface area contributed by atoms with E-state index < -0.39 is 0 Å². The Hall–Kier alpha value is -2.60. The lowest BCUT2D eigenvalue weighted by Gasteiger charge is -2.35. The van der Waals surface area contributed by atoms with Crippen molar-refractivity contribution in [3.8, 4) is 6.07 Å². The zero-order valence-corrected chi connectivity index (χ0v) is 14.3. The molecule has 1 aliphatic rings. The van der Waals surface area contributed by atoms with E-state index in [1.807, 2.05) is 11.2 Å². The standard InChI is InChI=1S/C15H17N7OS/c1-20-12(3-4-18-20)14(23)22-7-5-21(6-8-22)13-11(9-16)10-17-15(19-13)24-2/h3-4,10H,5-8H2,1-2H3. The van der Waals surface area contributed by atoms with Gasteiger partial charge in [0.05, 0.1) is 6.20 Å². The van der Waals surface area contributed by atoms with Gasteiger partial charge in [-0.15, -0.1) is 0 Å². The van der Waals surface area contributed by atoms with Gasteiger partial charge in [0.15, 0.2) is 11.0 Å². The Bertz CT molecular complexity index is 789. The number of piperazine rings is 1. The van der Waals surface area contributed by atoms with Gasteiger partial charge in [-0.25, -0.2) is 9.97 Å². The van der Waals surface area contributed by atoms with E-state index in [-0.39, 0.29) is 5.91 Å². The van der Waals surface area contributed by atoms with Gasteiger partial charge < -0.3 is 9.80 Å². The summed E-state index contributed by atoms with van der Waals surface area (Å²) in [6.45, 7) is 2.41. The van der Waals surface area contributed by atoms with Gasteiger partial charge >= 0.3 is 0 Å². The van der Waals surface area contributed by atoms with Crippen molar-refractivity contribution >= 4 is 23.5 Å². The molecule has 3 heterocycles. The highest BCUT2D eigenvalue weighted by molar-refractivity contribution is 7.98. The third kappa shape index (κ3) is 3.05. The molecule has 0 aromatic carbocycles. The van der Waals surface area contributed by atoms with E-state index in [1.54, 1.807) is 35.1 Å². The zero-order chi connectivity index (χ0) is 17.1. The zero-order valence-electron chi connectivity index (χ0n) is 13.5. The van der Waals surface area contributed by atoms with Crippen LogP contribution in [0.2, 0.25) is 0 Å². The fraction of sp³-hybridized carbons (Fsp3) is 0.400. The average Bonchev–Trinajstić information content (AvgIpc) is 3.06. The molecule has 9 heteroatoms. The van der Waals surface area contributed by atoms with Crippen molar-refractivity contribution in [3.05, 3.63) is 29.7 Å². The first-order valence-electron chi connectivity index (χ1n) is 7.47. The van der Waals surface area contributed by atoms with Gasteiger partial charge in [-0.2, -0.15) is 10.4 Å². The van der Waals surface area contributed by atoms with E-state index in [4.69, 9.17) is 0 Å².